The van der Waals surface area contributed by atoms with Crippen molar-refractivity contribution in [2.24, 2.45) is 5.73 Å². The molecule has 1 heterocycles. The first-order valence-corrected chi connectivity index (χ1v) is 3.20. The van der Waals surface area contributed by atoms with Gasteiger partial charge in [0.05, 0.1) is 6.54 Å². The van der Waals surface area contributed by atoms with E-state index in [-0.39, 0.29) is 0 Å². The molecule has 0 saturated carbocycles. The molecule has 0 fully saturated rings. The molecule has 2 N–H and O–H groups in total. The Balaban J connectivity index is 2.51. The Morgan fingerprint density at radius 1 is 1.78 bits per heavy atom. The predicted molar refractivity (Wildman–Crippen MR) is 38.7 cm³/mol. The van der Waals surface area contributed by atoms with Gasteiger partial charge in [0.25, 0.3) is 0 Å². The number of rotatable bonds is 1. The summed E-state index contributed by atoms with van der Waals surface area (Å²) in [6.07, 6.45) is 5.96. The normalized spacial score (nSPS) is 17.9. The van der Waals surface area contributed by atoms with E-state index in [1.807, 2.05) is 12.2 Å². The molecule has 0 aromatic heterocycles. The van der Waals surface area contributed by atoms with E-state index >= 15 is 0 Å². The lowest BCUT2D eigenvalue weighted by Gasteiger charge is -2.20. The van der Waals surface area contributed by atoms with Gasteiger partial charge in [-0.1, -0.05) is 0 Å². The molecule has 0 aromatic carbocycles. The Kier molecular flexibility index (Phi) is 1.78. The second-order valence-corrected chi connectivity index (χ2v) is 2.15. The topological polar surface area (TPSA) is 29.3 Å². The minimum atomic E-state index is 0.882. The van der Waals surface area contributed by atoms with Crippen LogP contribution in [0.4, 0.5) is 0 Å². The van der Waals surface area contributed by atoms with Gasteiger partial charge in [0.2, 0.25) is 0 Å². The van der Waals surface area contributed by atoms with Crippen LogP contribution in [0.1, 0.15) is 6.92 Å². The minimum Gasteiger partial charge on any atom is -0.401 e. The van der Waals surface area contributed by atoms with Gasteiger partial charge in [0.1, 0.15) is 0 Å². The fourth-order valence-electron chi connectivity index (χ4n) is 0.845. The Labute approximate surface area is 55.6 Å². The summed E-state index contributed by atoms with van der Waals surface area (Å²) in [5, 5.41) is 0. The Bertz CT molecular complexity index is 147. The van der Waals surface area contributed by atoms with E-state index in [2.05, 4.69) is 18.0 Å². The molecule has 1 rings (SSSR count). The van der Waals surface area contributed by atoms with E-state index in [1.165, 1.54) is 0 Å². The molecule has 0 amide bonds. The Morgan fingerprint density at radius 3 is 3.00 bits per heavy atom. The molecule has 0 unspecified atom stereocenters. The van der Waals surface area contributed by atoms with Crippen molar-refractivity contribution in [1.82, 2.24) is 4.90 Å². The van der Waals surface area contributed by atoms with Crippen LogP contribution < -0.4 is 5.73 Å². The third kappa shape index (κ3) is 1.49. The molecule has 0 aromatic rings. The maximum Gasteiger partial charge on any atom is 0.0568 e. The maximum absolute atomic E-state index is 5.57. The van der Waals surface area contributed by atoms with Gasteiger partial charge in [-0.2, -0.15) is 0 Å². The van der Waals surface area contributed by atoms with Crippen LogP contribution in [0.25, 0.3) is 0 Å². The van der Waals surface area contributed by atoms with Crippen LogP contribution in [0, 0.1) is 0 Å². The van der Waals surface area contributed by atoms with Crippen molar-refractivity contribution in [3.05, 3.63) is 24.0 Å². The lowest BCUT2D eigenvalue weighted by atomic mass is 10.3. The number of hydrogen-bond acceptors (Lipinski definition) is 2. The number of allylic oxidation sites excluding steroid dienone is 2. The van der Waals surface area contributed by atoms with Crippen LogP contribution in [0.15, 0.2) is 24.0 Å². The fraction of sp³-hybridized carbons (Fsp3) is 0.429. The van der Waals surface area contributed by atoms with Crippen molar-refractivity contribution in [2.45, 2.75) is 6.92 Å². The second-order valence-electron chi connectivity index (χ2n) is 2.15. The lowest BCUT2D eigenvalue weighted by Crippen LogP contribution is -2.24. The van der Waals surface area contributed by atoms with E-state index < -0.39 is 0 Å². The first kappa shape index (κ1) is 6.20. The summed E-state index contributed by atoms with van der Waals surface area (Å²) in [4.78, 5) is 2.16. The highest BCUT2D eigenvalue weighted by Gasteiger charge is 1.99. The molecule has 0 saturated heterocycles. The van der Waals surface area contributed by atoms with E-state index in [4.69, 9.17) is 5.73 Å². The van der Waals surface area contributed by atoms with Crippen molar-refractivity contribution in [3.8, 4) is 0 Å². The van der Waals surface area contributed by atoms with Gasteiger partial charge < -0.3 is 10.6 Å². The molecule has 0 aliphatic carbocycles. The van der Waals surface area contributed by atoms with Gasteiger partial charge in [-0.15, -0.1) is 0 Å². The van der Waals surface area contributed by atoms with Gasteiger partial charge in [-0.25, -0.2) is 0 Å². The maximum atomic E-state index is 5.57. The molecule has 0 atom stereocenters. The lowest BCUT2D eigenvalue weighted by molar-refractivity contribution is 0.423. The summed E-state index contributed by atoms with van der Waals surface area (Å²) in [7, 11) is 0. The minimum absolute atomic E-state index is 0.882. The smallest absolute Gasteiger partial charge is 0.0568 e. The van der Waals surface area contributed by atoms with E-state index in [0.29, 0.717) is 0 Å². The third-order valence-electron chi connectivity index (χ3n) is 1.40. The summed E-state index contributed by atoms with van der Waals surface area (Å²) < 4.78 is 0. The van der Waals surface area contributed by atoms with Gasteiger partial charge >= 0.3 is 0 Å². The zero-order chi connectivity index (χ0) is 6.69. The van der Waals surface area contributed by atoms with Crippen LogP contribution in [0.3, 0.4) is 0 Å². The van der Waals surface area contributed by atoms with Crippen LogP contribution in [0.2, 0.25) is 0 Å². The van der Waals surface area contributed by atoms with Gasteiger partial charge in [-0.3, -0.25) is 0 Å². The summed E-state index contributed by atoms with van der Waals surface area (Å²) in [5.74, 6) is 0. The Hall–Kier alpha value is -0.920. The standard InChI is InChI=1S/C7H12N2/c1-2-9-5-3-4-7(8)6-9/h3-5H,2,6,8H2,1H3. The average molecular weight is 124 g/mol. The van der Waals surface area contributed by atoms with E-state index in [0.717, 1.165) is 18.8 Å². The molecule has 2 nitrogen and oxygen atoms in total. The first-order valence-electron chi connectivity index (χ1n) is 3.20. The van der Waals surface area contributed by atoms with Crippen molar-refractivity contribution >= 4 is 0 Å². The molecule has 0 radical (unpaired) electrons. The second kappa shape index (κ2) is 2.58. The Morgan fingerprint density at radius 2 is 2.56 bits per heavy atom. The molecular formula is C7H12N2. The highest BCUT2D eigenvalue weighted by atomic mass is 15.1. The van der Waals surface area contributed by atoms with Gasteiger partial charge in [-0.05, 0) is 25.3 Å². The molecule has 0 bridgehead atoms. The molecule has 50 valence electrons. The predicted octanol–water partition coefficient (Wildman–Crippen LogP) is 0.678. The molecular weight excluding hydrogens is 112 g/mol. The largest absolute Gasteiger partial charge is 0.401 e. The van der Waals surface area contributed by atoms with Crippen molar-refractivity contribution < 1.29 is 0 Å². The van der Waals surface area contributed by atoms with Crippen LogP contribution in [0.5, 0.6) is 0 Å². The van der Waals surface area contributed by atoms with E-state index in [9.17, 15) is 0 Å². The first-order chi connectivity index (χ1) is 4.33. The summed E-state index contributed by atoms with van der Waals surface area (Å²) in [6.45, 7) is 4.03. The zero-order valence-electron chi connectivity index (χ0n) is 5.67. The molecule has 1 aliphatic rings. The number of nitrogens with two attached hydrogens (primary N) is 1. The average Bonchev–Trinajstić information content (AvgIpc) is 1.88. The van der Waals surface area contributed by atoms with Crippen molar-refractivity contribution in [2.75, 3.05) is 13.1 Å². The van der Waals surface area contributed by atoms with Crippen molar-refractivity contribution in [3.63, 3.8) is 0 Å². The van der Waals surface area contributed by atoms with Gasteiger partial charge in [0, 0.05) is 12.2 Å². The van der Waals surface area contributed by atoms with Gasteiger partial charge in [0.15, 0.2) is 0 Å². The molecule has 2 heteroatoms. The monoisotopic (exact) mass is 124 g/mol. The summed E-state index contributed by atoms with van der Waals surface area (Å²) in [5.41, 5.74) is 6.51. The summed E-state index contributed by atoms with van der Waals surface area (Å²) in [6, 6.07) is 0. The van der Waals surface area contributed by atoms with Crippen LogP contribution in [-0.4, -0.2) is 18.0 Å². The van der Waals surface area contributed by atoms with Crippen LogP contribution in [-0.2, 0) is 0 Å². The van der Waals surface area contributed by atoms with E-state index in [1.54, 1.807) is 0 Å². The zero-order valence-corrected chi connectivity index (χ0v) is 5.67. The molecule has 9 heavy (non-hydrogen) atoms. The fourth-order valence-corrected chi connectivity index (χ4v) is 0.845. The number of hydrogen-bond donors (Lipinski definition) is 1. The molecule has 1 aliphatic heterocycles. The number of nitrogens with zero attached hydrogens (tertiary/aromatic N) is 1. The number of likely N-dealkylation sites (N-methyl/N-ethyl adjacent to an activating group) is 1. The third-order valence-corrected chi connectivity index (χ3v) is 1.40. The highest BCUT2D eigenvalue weighted by molar-refractivity contribution is 5.15. The molecule has 0 spiro atoms. The highest BCUT2D eigenvalue weighted by Crippen LogP contribution is 2.00. The SMILES string of the molecule is CCN1C=CC=C(N)C1. The quantitative estimate of drug-likeness (QED) is 0.557. The van der Waals surface area contributed by atoms with Crippen molar-refractivity contribution in [1.29, 1.82) is 0 Å². The summed E-state index contributed by atoms with van der Waals surface area (Å²) >= 11 is 0. The van der Waals surface area contributed by atoms with Crippen LogP contribution >= 0.6 is 0 Å².